The summed E-state index contributed by atoms with van der Waals surface area (Å²) >= 11 is 5.79. The van der Waals surface area contributed by atoms with Crippen molar-refractivity contribution in [2.45, 2.75) is 13.0 Å². The third-order valence-electron chi connectivity index (χ3n) is 2.84. The summed E-state index contributed by atoms with van der Waals surface area (Å²) in [5.41, 5.74) is 1.58. The lowest BCUT2D eigenvalue weighted by Crippen LogP contribution is -1.97. The summed E-state index contributed by atoms with van der Waals surface area (Å²) in [6, 6.07) is 13.4. The van der Waals surface area contributed by atoms with Gasteiger partial charge in [-0.2, -0.15) is 0 Å². The summed E-state index contributed by atoms with van der Waals surface area (Å²) in [5, 5.41) is 15.3. The van der Waals surface area contributed by atoms with Crippen LogP contribution < -0.4 is 0 Å². The quantitative estimate of drug-likeness (QED) is 0.468. The van der Waals surface area contributed by atoms with Crippen molar-refractivity contribution >= 4 is 23.5 Å². The van der Waals surface area contributed by atoms with Crippen LogP contribution >= 0.6 is 11.6 Å². The van der Waals surface area contributed by atoms with Crippen LogP contribution in [0.5, 0.6) is 0 Å². The molecule has 0 saturated carbocycles. The van der Waals surface area contributed by atoms with Gasteiger partial charge in [-0.15, -0.1) is 0 Å². The van der Waals surface area contributed by atoms with E-state index in [9.17, 15) is 10.1 Å². The van der Waals surface area contributed by atoms with E-state index in [0.29, 0.717) is 10.6 Å². The van der Waals surface area contributed by atoms with Crippen molar-refractivity contribution in [2.24, 2.45) is 5.16 Å². The van der Waals surface area contributed by atoms with Crippen LogP contribution in [0.3, 0.4) is 0 Å². The highest BCUT2D eigenvalue weighted by atomic mass is 35.5. The van der Waals surface area contributed by atoms with Crippen molar-refractivity contribution in [1.82, 2.24) is 0 Å². The van der Waals surface area contributed by atoms with E-state index in [1.165, 1.54) is 12.1 Å². The molecule has 108 valence electrons. The van der Waals surface area contributed by atoms with Gasteiger partial charge in [0, 0.05) is 22.7 Å². The maximum absolute atomic E-state index is 10.7. The Balaban J connectivity index is 2.01. The summed E-state index contributed by atoms with van der Waals surface area (Å²) in [6.45, 7) is 1.78. The number of nitro benzene ring substituents is 1. The molecule has 0 aliphatic carbocycles. The Kier molecular flexibility index (Phi) is 4.90. The van der Waals surface area contributed by atoms with Gasteiger partial charge in [0.25, 0.3) is 5.69 Å². The molecule has 0 aromatic heterocycles. The highest BCUT2D eigenvalue weighted by molar-refractivity contribution is 6.30. The van der Waals surface area contributed by atoms with Crippen molar-refractivity contribution in [1.29, 1.82) is 0 Å². The molecule has 0 unspecified atom stereocenters. The molecular formula is C15H13ClN2O3. The Bertz CT molecular complexity index is 656. The second-order valence-electron chi connectivity index (χ2n) is 4.39. The Hall–Kier alpha value is -2.40. The van der Waals surface area contributed by atoms with Crippen LogP contribution in [0.15, 0.2) is 53.7 Å². The largest absolute Gasteiger partial charge is 0.388 e. The monoisotopic (exact) mass is 304 g/mol. The summed E-state index contributed by atoms with van der Waals surface area (Å²) in [4.78, 5) is 15.6. The lowest BCUT2D eigenvalue weighted by Gasteiger charge is -2.09. The molecule has 2 rings (SSSR count). The topological polar surface area (TPSA) is 64.7 Å². The van der Waals surface area contributed by atoms with Gasteiger partial charge in [0.1, 0.15) is 6.10 Å². The SMILES string of the molecule is C[C@H](O/N=C\c1ccc(Cl)cc1)c1cccc([N+](=O)[O-])c1. The van der Waals surface area contributed by atoms with E-state index in [0.717, 1.165) is 5.56 Å². The van der Waals surface area contributed by atoms with E-state index in [4.69, 9.17) is 16.4 Å². The molecule has 0 bridgehead atoms. The fraction of sp³-hybridized carbons (Fsp3) is 0.133. The fourth-order valence-electron chi connectivity index (χ4n) is 1.68. The first-order valence-corrected chi connectivity index (χ1v) is 6.63. The van der Waals surface area contributed by atoms with E-state index in [2.05, 4.69) is 5.16 Å². The minimum absolute atomic E-state index is 0.0321. The summed E-state index contributed by atoms with van der Waals surface area (Å²) in [6.07, 6.45) is 1.18. The highest BCUT2D eigenvalue weighted by Crippen LogP contribution is 2.21. The highest BCUT2D eigenvalue weighted by Gasteiger charge is 2.11. The molecule has 5 nitrogen and oxygen atoms in total. The molecule has 0 aliphatic heterocycles. The predicted octanol–water partition coefficient (Wildman–Crippen LogP) is 4.36. The van der Waals surface area contributed by atoms with Gasteiger partial charge in [-0.05, 0) is 24.6 Å². The molecular weight excluding hydrogens is 292 g/mol. The van der Waals surface area contributed by atoms with Gasteiger partial charge < -0.3 is 4.84 Å². The van der Waals surface area contributed by atoms with Crippen molar-refractivity contribution in [3.05, 3.63) is 74.8 Å². The first-order chi connectivity index (χ1) is 10.1. The summed E-state index contributed by atoms with van der Waals surface area (Å²) < 4.78 is 0. The van der Waals surface area contributed by atoms with Crippen LogP contribution in [-0.4, -0.2) is 11.1 Å². The van der Waals surface area contributed by atoms with Crippen molar-refractivity contribution < 1.29 is 9.76 Å². The number of rotatable bonds is 5. The van der Waals surface area contributed by atoms with Crippen LogP contribution in [0, 0.1) is 10.1 Å². The molecule has 0 heterocycles. The van der Waals surface area contributed by atoms with Crippen LogP contribution in [0.2, 0.25) is 5.02 Å². The van der Waals surface area contributed by atoms with E-state index in [-0.39, 0.29) is 11.8 Å². The van der Waals surface area contributed by atoms with Crippen LogP contribution in [0.1, 0.15) is 24.2 Å². The molecule has 0 aliphatic rings. The van der Waals surface area contributed by atoms with Gasteiger partial charge in [-0.25, -0.2) is 0 Å². The van der Waals surface area contributed by atoms with Gasteiger partial charge in [-0.3, -0.25) is 10.1 Å². The lowest BCUT2D eigenvalue weighted by molar-refractivity contribution is -0.385. The lowest BCUT2D eigenvalue weighted by atomic mass is 10.1. The number of hydrogen-bond donors (Lipinski definition) is 0. The first-order valence-electron chi connectivity index (χ1n) is 6.25. The second kappa shape index (κ2) is 6.85. The molecule has 0 fully saturated rings. The molecule has 21 heavy (non-hydrogen) atoms. The number of nitro groups is 1. The molecule has 2 aromatic carbocycles. The number of halogens is 1. The van der Waals surface area contributed by atoms with Gasteiger partial charge in [0.05, 0.1) is 11.1 Å². The van der Waals surface area contributed by atoms with Crippen LogP contribution in [0.4, 0.5) is 5.69 Å². The zero-order valence-electron chi connectivity index (χ0n) is 11.3. The molecule has 0 amide bonds. The van der Waals surface area contributed by atoms with Crippen molar-refractivity contribution in [2.75, 3.05) is 0 Å². The number of hydrogen-bond acceptors (Lipinski definition) is 4. The third kappa shape index (κ3) is 4.29. The van der Waals surface area contributed by atoms with Gasteiger partial charge in [0.2, 0.25) is 0 Å². The molecule has 2 aromatic rings. The Morgan fingerprint density at radius 1 is 1.29 bits per heavy atom. The smallest absolute Gasteiger partial charge is 0.269 e. The predicted molar refractivity (Wildman–Crippen MR) is 81.6 cm³/mol. The maximum Gasteiger partial charge on any atom is 0.269 e. The number of oxime groups is 1. The molecule has 0 N–H and O–H groups in total. The average Bonchev–Trinajstić information content (AvgIpc) is 2.49. The zero-order chi connectivity index (χ0) is 15.2. The van der Waals surface area contributed by atoms with E-state index in [1.807, 2.05) is 12.1 Å². The Morgan fingerprint density at radius 2 is 2.00 bits per heavy atom. The van der Waals surface area contributed by atoms with Gasteiger partial charge >= 0.3 is 0 Å². The molecule has 0 radical (unpaired) electrons. The zero-order valence-corrected chi connectivity index (χ0v) is 12.0. The third-order valence-corrected chi connectivity index (χ3v) is 3.09. The van der Waals surface area contributed by atoms with Gasteiger partial charge in [-0.1, -0.05) is 41.0 Å². The van der Waals surface area contributed by atoms with Gasteiger partial charge in [0.15, 0.2) is 0 Å². The minimum atomic E-state index is -0.437. The molecule has 1 atom stereocenters. The van der Waals surface area contributed by atoms with Crippen molar-refractivity contribution in [3.63, 3.8) is 0 Å². The molecule has 6 heteroatoms. The minimum Gasteiger partial charge on any atom is -0.388 e. The summed E-state index contributed by atoms with van der Waals surface area (Å²) in [5.74, 6) is 0. The standard InChI is InChI=1S/C15H13ClN2O3/c1-11(13-3-2-4-15(9-13)18(19)20)21-17-10-12-5-7-14(16)8-6-12/h2-11H,1H3/b17-10-/t11-/m0/s1. The van der Waals surface area contributed by atoms with Crippen LogP contribution in [-0.2, 0) is 4.84 Å². The molecule has 0 spiro atoms. The van der Waals surface area contributed by atoms with E-state index < -0.39 is 4.92 Å². The van der Waals surface area contributed by atoms with Crippen LogP contribution in [0.25, 0.3) is 0 Å². The Labute approximate surface area is 127 Å². The fourth-order valence-corrected chi connectivity index (χ4v) is 1.81. The number of nitrogens with zero attached hydrogens (tertiary/aromatic N) is 2. The van der Waals surface area contributed by atoms with E-state index >= 15 is 0 Å². The Morgan fingerprint density at radius 3 is 2.67 bits per heavy atom. The summed E-state index contributed by atoms with van der Waals surface area (Å²) in [7, 11) is 0. The normalized spacial score (nSPS) is 12.3. The maximum atomic E-state index is 10.7. The second-order valence-corrected chi connectivity index (χ2v) is 4.82. The number of non-ortho nitro benzene ring substituents is 1. The average molecular weight is 305 g/mol. The molecule has 0 saturated heterocycles. The van der Waals surface area contributed by atoms with E-state index in [1.54, 1.807) is 37.4 Å². The van der Waals surface area contributed by atoms with Crippen molar-refractivity contribution in [3.8, 4) is 0 Å². The first kappa shape index (κ1) is 15.0. The number of benzene rings is 2.